The van der Waals surface area contributed by atoms with Gasteiger partial charge in [-0.2, -0.15) is 0 Å². The minimum Gasteiger partial charge on any atom is -0.508 e. The first-order chi connectivity index (χ1) is 7.91. The summed E-state index contributed by atoms with van der Waals surface area (Å²) < 4.78 is 0. The number of benzene rings is 1. The van der Waals surface area contributed by atoms with Gasteiger partial charge in [0.15, 0.2) is 0 Å². The maximum atomic E-state index is 11.9. The lowest BCUT2D eigenvalue weighted by Crippen LogP contribution is -2.48. The van der Waals surface area contributed by atoms with Crippen molar-refractivity contribution in [3.05, 3.63) is 23.8 Å². The fraction of sp³-hybridized carbons (Fsp3) is 0.417. The predicted molar refractivity (Wildman–Crippen MR) is 65.8 cm³/mol. The van der Waals surface area contributed by atoms with Crippen LogP contribution in [0.25, 0.3) is 0 Å². The summed E-state index contributed by atoms with van der Waals surface area (Å²) in [5.41, 5.74) is 5.47. The Kier molecular flexibility index (Phi) is 3.96. The Bertz CT molecular complexity index is 414. The Morgan fingerprint density at radius 1 is 1.53 bits per heavy atom. The summed E-state index contributed by atoms with van der Waals surface area (Å²) in [4.78, 5) is 11.9. The minimum atomic E-state index is -0.686. The average molecular weight is 238 g/mol. The second-order valence-electron chi connectivity index (χ2n) is 4.30. The van der Waals surface area contributed by atoms with Gasteiger partial charge in [-0.3, -0.25) is 4.79 Å². The van der Waals surface area contributed by atoms with Crippen molar-refractivity contribution in [1.82, 2.24) is 5.32 Å². The molecule has 5 nitrogen and oxygen atoms in total. The zero-order valence-electron chi connectivity index (χ0n) is 10.0. The number of anilines is 1. The van der Waals surface area contributed by atoms with Crippen LogP contribution in [0.15, 0.2) is 18.2 Å². The van der Waals surface area contributed by atoms with E-state index >= 15 is 0 Å². The molecule has 5 heteroatoms. The molecule has 0 spiro atoms. The van der Waals surface area contributed by atoms with Gasteiger partial charge in [0.05, 0.1) is 17.7 Å². The molecule has 0 bridgehead atoms. The lowest BCUT2D eigenvalue weighted by Gasteiger charge is -2.27. The van der Waals surface area contributed by atoms with Crippen LogP contribution in [0.3, 0.4) is 0 Å². The summed E-state index contributed by atoms with van der Waals surface area (Å²) in [5.74, 6) is -0.427. The number of amides is 1. The Morgan fingerprint density at radius 3 is 2.71 bits per heavy atom. The Morgan fingerprint density at radius 2 is 2.18 bits per heavy atom. The van der Waals surface area contributed by atoms with Crippen LogP contribution in [0.2, 0.25) is 0 Å². The van der Waals surface area contributed by atoms with Gasteiger partial charge in [-0.1, -0.05) is 6.92 Å². The second-order valence-corrected chi connectivity index (χ2v) is 4.30. The average Bonchev–Trinajstić information content (AvgIpc) is 2.32. The van der Waals surface area contributed by atoms with Crippen LogP contribution in [0.4, 0.5) is 5.69 Å². The standard InChI is InChI=1S/C12H18N2O3/c1-3-12(2,7-15)14-11(17)9-6-8(16)4-5-10(9)13/h4-6,15-16H,3,7,13H2,1-2H3,(H,14,17). The molecule has 1 aromatic rings. The highest BCUT2D eigenvalue weighted by Gasteiger charge is 2.24. The number of rotatable bonds is 4. The highest BCUT2D eigenvalue weighted by molar-refractivity contribution is 5.99. The van der Waals surface area contributed by atoms with Gasteiger partial charge in [0.25, 0.3) is 5.91 Å². The molecule has 0 aliphatic carbocycles. The summed E-state index contributed by atoms with van der Waals surface area (Å²) in [5, 5.41) is 21.2. The smallest absolute Gasteiger partial charge is 0.254 e. The number of phenols is 1. The van der Waals surface area contributed by atoms with E-state index in [9.17, 15) is 15.0 Å². The number of aromatic hydroxyl groups is 1. The number of aliphatic hydroxyl groups excluding tert-OH is 1. The van der Waals surface area contributed by atoms with Crippen LogP contribution < -0.4 is 11.1 Å². The van der Waals surface area contributed by atoms with E-state index in [1.165, 1.54) is 18.2 Å². The first-order valence-corrected chi connectivity index (χ1v) is 5.43. The maximum Gasteiger partial charge on any atom is 0.254 e. The molecular weight excluding hydrogens is 220 g/mol. The third-order valence-electron chi connectivity index (χ3n) is 2.83. The highest BCUT2D eigenvalue weighted by Crippen LogP contribution is 2.19. The van der Waals surface area contributed by atoms with Crippen LogP contribution >= 0.6 is 0 Å². The molecule has 94 valence electrons. The van der Waals surface area contributed by atoms with Gasteiger partial charge in [0, 0.05) is 5.69 Å². The highest BCUT2D eigenvalue weighted by atomic mass is 16.3. The van der Waals surface area contributed by atoms with Gasteiger partial charge in [0.1, 0.15) is 5.75 Å². The summed E-state index contributed by atoms with van der Waals surface area (Å²) in [6.45, 7) is 3.44. The van der Waals surface area contributed by atoms with Gasteiger partial charge >= 0.3 is 0 Å². The fourth-order valence-electron chi connectivity index (χ4n) is 1.32. The Hall–Kier alpha value is -1.75. The van der Waals surface area contributed by atoms with Crippen molar-refractivity contribution >= 4 is 11.6 Å². The zero-order chi connectivity index (χ0) is 13.1. The van der Waals surface area contributed by atoms with E-state index < -0.39 is 11.4 Å². The number of carbonyl (C=O) groups is 1. The van der Waals surface area contributed by atoms with Crippen LogP contribution in [-0.2, 0) is 0 Å². The van der Waals surface area contributed by atoms with E-state index in [4.69, 9.17) is 5.73 Å². The van der Waals surface area contributed by atoms with Crippen molar-refractivity contribution in [2.45, 2.75) is 25.8 Å². The summed E-state index contributed by atoms with van der Waals surface area (Å²) in [7, 11) is 0. The van der Waals surface area contributed by atoms with Crippen molar-refractivity contribution in [3.8, 4) is 5.75 Å². The number of nitrogen functional groups attached to an aromatic ring is 1. The van der Waals surface area contributed by atoms with Crippen LogP contribution in [0.5, 0.6) is 5.75 Å². The van der Waals surface area contributed by atoms with E-state index in [0.29, 0.717) is 6.42 Å². The van der Waals surface area contributed by atoms with Crippen molar-refractivity contribution in [2.75, 3.05) is 12.3 Å². The van der Waals surface area contributed by atoms with Gasteiger partial charge in [-0.25, -0.2) is 0 Å². The molecule has 0 aliphatic heterocycles. The van der Waals surface area contributed by atoms with Crippen molar-refractivity contribution < 1.29 is 15.0 Å². The minimum absolute atomic E-state index is 0.0217. The molecule has 0 saturated carbocycles. The molecule has 0 heterocycles. The van der Waals surface area contributed by atoms with Gasteiger partial charge in [0.2, 0.25) is 0 Å². The monoisotopic (exact) mass is 238 g/mol. The SMILES string of the molecule is CCC(C)(CO)NC(=O)c1cc(O)ccc1N. The number of hydrogen-bond donors (Lipinski definition) is 4. The third-order valence-corrected chi connectivity index (χ3v) is 2.83. The number of carbonyl (C=O) groups excluding carboxylic acids is 1. The lowest BCUT2D eigenvalue weighted by molar-refractivity contribution is 0.0848. The molecule has 17 heavy (non-hydrogen) atoms. The fourth-order valence-corrected chi connectivity index (χ4v) is 1.32. The van der Waals surface area contributed by atoms with E-state index in [1.807, 2.05) is 6.92 Å². The quantitative estimate of drug-likeness (QED) is 0.462. The predicted octanol–water partition coefficient (Wildman–Crippen LogP) is 0.865. The molecule has 0 aromatic heterocycles. The maximum absolute atomic E-state index is 11.9. The van der Waals surface area contributed by atoms with Crippen LogP contribution in [0, 0.1) is 0 Å². The van der Waals surface area contributed by atoms with Crippen molar-refractivity contribution in [1.29, 1.82) is 0 Å². The topological polar surface area (TPSA) is 95.6 Å². The second kappa shape index (κ2) is 5.05. The number of nitrogens with one attached hydrogen (secondary N) is 1. The van der Waals surface area contributed by atoms with Crippen molar-refractivity contribution in [2.24, 2.45) is 0 Å². The number of phenolic OH excluding ortho intramolecular Hbond substituents is 1. The Labute approximate surface area is 100 Å². The molecule has 1 unspecified atom stereocenters. The van der Waals surface area contributed by atoms with E-state index in [0.717, 1.165) is 0 Å². The van der Waals surface area contributed by atoms with Gasteiger partial charge in [-0.05, 0) is 31.5 Å². The molecule has 5 N–H and O–H groups in total. The lowest BCUT2D eigenvalue weighted by atomic mass is 9.99. The van der Waals surface area contributed by atoms with E-state index in [-0.39, 0.29) is 23.6 Å². The number of nitrogens with two attached hydrogens (primary N) is 1. The normalized spacial score (nSPS) is 14.1. The molecule has 1 amide bonds. The molecule has 1 aromatic carbocycles. The van der Waals surface area contributed by atoms with Crippen LogP contribution in [0.1, 0.15) is 30.6 Å². The van der Waals surface area contributed by atoms with Crippen molar-refractivity contribution in [3.63, 3.8) is 0 Å². The Balaban J connectivity index is 2.94. The molecular formula is C12H18N2O3. The molecule has 0 aliphatic rings. The molecule has 0 fully saturated rings. The first-order valence-electron chi connectivity index (χ1n) is 5.43. The van der Waals surface area contributed by atoms with Gasteiger partial charge in [-0.15, -0.1) is 0 Å². The summed E-state index contributed by atoms with van der Waals surface area (Å²) >= 11 is 0. The molecule has 0 saturated heterocycles. The largest absolute Gasteiger partial charge is 0.508 e. The number of aliphatic hydroxyl groups is 1. The molecule has 1 atom stereocenters. The first kappa shape index (κ1) is 13.3. The van der Waals surface area contributed by atoms with E-state index in [2.05, 4.69) is 5.32 Å². The number of hydrogen-bond acceptors (Lipinski definition) is 4. The summed E-state index contributed by atoms with van der Waals surface area (Å²) in [6.07, 6.45) is 0.591. The zero-order valence-corrected chi connectivity index (χ0v) is 10.0. The molecule has 1 rings (SSSR count). The van der Waals surface area contributed by atoms with Crippen LogP contribution in [-0.4, -0.2) is 28.3 Å². The summed E-state index contributed by atoms with van der Waals surface area (Å²) in [6, 6.07) is 4.18. The van der Waals surface area contributed by atoms with Gasteiger partial charge < -0.3 is 21.3 Å². The third kappa shape index (κ3) is 3.10. The molecule has 0 radical (unpaired) electrons. The van der Waals surface area contributed by atoms with E-state index in [1.54, 1.807) is 6.92 Å².